The van der Waals surface area contributed by atoms with Gasteiger partial charge < -0.3 is 20.4 Å². The zero-order chi connectivity index (χ0) is 31.4. The summed E-state index contributed by atoms with van der Waals surface area (Å²) in [6.45, 7) is 6.09. The average molecular weight is 621 g/mol. The third-order valence-electron chi connectivity index (χ3n) is 7.95. The molecule has 0 saturated carbocycles. The summed E-state index contributed by atoms with van der Waals surface area (Å²) in [7, 11) is 8.52. The van der Waals surface area contributed by atoms with E-state index in [1.807, 2.05) is 0 Å². The van der Waals surface area contributed by atoms with E-state index in [2.05, 4.69) is 134 Å². The first-order valence-electron chi connectivity index (χ1n) is 16.2. The highest BCUT2D eigenvalue weighted by Crippen LogP contribution is 2.39. The molecule has 0 aliphatic carbocycles. The molecule has 0 saturated heterocycles. The molecule has 5 aromatic rings. The van der Waals surface area contributed by atoms with E-state index in [1.165, 1.54) is 47.3 Å². The third-order valence-corrected chi connectivity index (χ3v) is 9.13. The van der Waals surface area contributed by atoms with Crippen LogP contribution in [0.15, 0.2) is 84.9 Å². The molecule has 7 heteroatoms. The Morgan fingerprint density at radius 1 is 0.600 bits per heavy atom. The van der Waals surface area contributed by atoms with E-state index < -0.39 is 0 Å². The summed E-state index contributed by atoms with van der Waals surface area (Å²) in [4.78, 5) is 16.0. The molecule has 0 atom stereocenters. The van der Waals surface area contributed by atoms with Gasteiger partial charge in [0.1, 0.15) is 0 Å². The Balaban J connectivity index is 1.33. The Hall–Kier alpha value is -3.46. The standard InChI is InChI=1S/C38H48N6S/c1-43(2)24-10-8-22-39-27-29-14-18-32(19-15-29)36-37-34(26-35(45-37)31-12-6-5-7-13-31)41-38(42-36)33-20-16-30(17-21-33)28-40-23-9-11-25-44(3)4/h5-7,12-21,26,39-40H,8-11,22-25,27-28H2,1-4H3. The predicted octanol–water partition coefficient (Wildman–Crippen LogP) is 7.56. The van der Waals surface area contributed by atoms with Crippen molar-refractivity contribution in [2.24, 2.45) is 0 Å². The van der Waals surface area contributed by atoms with Crippen LogP contribution in [-0.4, -0.2) is 74.1 Å². The number of unbranched alkanes of at least 4 members (excludes halogenated alkanes) is 2. The molecule has 45 heavy (non-hydrogen) atoms. The van der Waals surface area contributed by atoms with E-state index in [0.29, 0.717) is 0 Å². The Kier molecular flexibility index (Phi) is 12.2. The fourth-order valence-electron chi connectivity index (χ4n) is 5.37. The molecule has 6 nitrogen and oxygen atoms in total. The number of nitrogens with zero attached hydrogens (tertiary/aromatic N) is 4. The van der Waals surface area contributed by atoms with Crippen LogP contribution < -0.4 is 10.6 Å². The maximum absolute atomic E-state index is 5.19. The average Bonchev–Trinajstić information content (AvgIpc) is 3.49. The lowest BCUT2D eigenvalue weighted by Crippen LogP contribution is -2.18. The second-order valence-corrected chi connectivity index (χ2v) is 13.4. The molecule has 3 aromatic carbocycles. The highest BCUT2D eigenvalue weighted by atomic mass is 32.1. The fraction of sp³-hybridized carbons (Fsp3) is 0.368. The highest BCUT2D eigenvalue weighted by Gasteiger charge is 2.16. The fourth-order valence-corrected chi connectivity index (χ4v) is 6.49. The molecule has 0 aliphatic heterocycles. The van der Waals surface area contributed by atoms with Gasteiger partial charge in [-0.1, -0.05) is 78.9 Å². The van der Waals surface area contributed by atoms with E-state index >= 15 is 0 Å². The normalized spacial score (nSPS) is 11.7. The van der Waals surface area contributed by atoms with Crippen LogP contribution in [0.25, 0.3) is 43.3 Å². The van der Waals surface area contributed by atoms with Gasteiger partial charge in [-0.3, -0.25) is 0 Å². The topological polar surface area (TPSA) is 56.3 Å². The van der Waals surface area contributed by atoms with Gasteiger partial charge in [-0.2, -0.15) is 0 Å². The number of fused-ring (bicyclic) bond motifs is 1. The zero-order valence-corrected chi connectivity index (χ0v) is 28.2. The van der Waals surface area contributed by atoms with Gasteiger partial charge >= 0.3 is 0 Å². The summed E-state index contributed by atoms with van der Waals surface area (Å²) >= 11 is 1.77. The lowest BCUT2D eigenvalue weighted by Gasteiger charge is -2.11. The number of benzene rings is 3. The lowest BCUT2D eigenvalue weighted by atomic mass is 10.1. The van der Waals surface area contributed by atoms with Gasteiger partial charge in [-0.05, 0) is 103 Å². The van der Waals surface area contributed by atoms with Gasteiger partial charge in [-0.25, -0.2) is 9.97 Å². The van der Waals surface area contributed by atoms with Gasteiger partial charge in [0.25, 0.3) is 0 Å². The Labute approximate surface area is 273 Å². The van der Waals surface area contributed by atoms with Crippen molar-refractivity contribution in [2.75, 3.05) is 54.4 Å². The summed E-state index contributed by atoms with van der Waals surface area (Å²) in [5, 5.41) is 7.18. The van der Waals surface area contributed by atoms with Crippen molar-refractivity contribution in [1.29, 1.82) is 0 Å². The second kappa shape index (κ2) is 16.7. The van der Waals surface area contributed by atoms with Crippen LogP contribution in [0.2, 0.25) is 0 Å². The molecule has 2 heterocycles. The van der Waals surface area contributed by atoms with E-state index in [9.17, 15) is 0 Å². The van der Waals surface area contributed by atoms with Crippen LogP contribution in [0, 0.1) is 0 Å². The quantitative estimate of drug-likeness (QED) is 0.105. The summed E-state index contributed by atoms with van der Waals surface area (Å²) < 4.78 is 1.12. The number of rotatable bonds is 17. The summed E-state index contributed by atoms with van der Waals surface area (Å²) in [6, 6.07) is 30.4. The number of aromatic nitrogens is 2. The van der Waals surface area contributed by atoms with Gasteiger partial charge in [0, 0.05) is 29.1 Å². The summed E-state index contributed by atoms with van der Waals surface area (Å²) in [5.41, 5.74) is 7.91. The molecule has 0 amide bonds. The minimum Gasteiger partial charge on any atom is -0.313 e. The summed E-state index contributed by atoms with van der Waals surface area (Å²) in [6.07, 6.45) is 4.81. The predicted molar refractivity (Wildman–Crippen MR) is 193 cm³/mol. The zero-order valence-electron chi connectivity index (χ0n) is 27.4. The van der Waals surface area contributed by atoms with Crippen molar-refractivity contribution in [3.63, 3.8) is 0 Å². The van der Waals surface area contributed by atoms with Crippen molar-refractivity contribution in [1.82, 2.24) is 30.4 Å². The van der Waals surface area contributed by atoms with Crippen LogP contribution in [0.1, 0.15) is 36.8 Å². The number of hydrogen-bond acceptors (Lipinski definition) is 7. The second-order valence-electron chi connectivity index (χ2n) is 12.4. The first-order chi connectivity index (χ1) is 22.0. The van der Waals surface area contributed by atoms with Crippen LogP contribution in [0.4, 0.5) is 0 Å². The maximum atomic E-state index is 5.19. The third kappa shape index (κ3) is 9.76. The monoisotopic (exact) mass is 620 g/mol. The van der Waals surface area contributed by atoms with Gasteiger partial charge in [-0.15, -0.1) is 11.3 Å². The number of hydrogen-bond donors (Lipinski definition) is 2. The van der Waals surface area contributed by atoms with Gasteiger partial charge in [0.2, 0.25) is 0 Å². The van der Waals surface area contributed by atoms with E-state index in [0.717, 1.165) is 72.1 Å². The molecule has 5 rings (SSSR count). The SMILES string of the molecule is CN(C)CCCCNCc1ccc(-c2nc(-c3ccc(CNCCCCN(C)C)cc3)c3sc(-c4ccccc4)cc3n2)cc1. The molecule has 2 N–H and O–H groups in total. The van der Waals surface area contributed by atoms with Crippen molar-refractivity contribution in [3.05, 3.63) is 96.1 Å². The minimum atomic E-state index is 0.765. The molecule has 0 bridgehead atoms. The van der Waals surface area contributed by atoms with Crippen molar-refractivity contribution in [2.45, 2.75) is 38.8 Å². The van der Waals surface area contributed by atoms with Crippen LogP contribution in [-0.2, 0) is 13.1 Å². The molecular weight excluding hydrogens is 573 g/mol. The molecule has 0 radical (unpaired) electrons. The first kappa shape index (κ1) is 32.9. The maximum Gasteiger partial charge on any atom is 0.160 e. The molecule has 0 spiro atoms. The Morgan fingerprint density at radius 2 is 1.16 bits per heavy atom. The van der Waals surface area contributed by atoms with Crippen LogP contribution in [0.5, 0.6) is 0 Å². The largest absolute Gasteiger partial charge is 0.313 e. The first-order valence-corrected chi connectivity index (χ1v) is 17.0. The van der Waals surface area contributed by atoms with E-state index in [4.69, 9.17) is 9.97 Å². The molecular formula is C38H48N6S. The number of thiophene rings is 1. The lowest BCUT2D eigenvalue weighted by molar-refractivity contribution is 0.391. The van der Waals surface area contributed by atoms with Gasteiger partial charge in [0.05, 0.1) is 15.9 Å². The van der Waals surface area contributed by atoms with Crippen LogP contribution >= 0.6 is 11.3 Å². The molecule has 2 aromatic heterocycles. The van der Waals surface area contributed by atoms with Crippen molar-refractivity contribution >= 4 is 21.6 Å². The van der Waals surface area contributed by atoms with Gasteiger partial charge in [0.15, 0.2) is 5.82 Å². The van der Waals surface area contributed by atoms with E-state index in [-0.39, 0.29) is 0 Å². The van der Waals surface area contributed by atoms with E-state index in [1.54, 1.807) is 11.3 Å². The van der Waals surface area contributed by atoms with Crippen molar-refractivity contribution in [3.8, 4) is 33.1 Å². The summed E-state index contributed by atoms with van der Waals surface area (Å²) in [5.74, 6) is 0.765. The van der Waals surface area contributed by atoms with Crippen LogP contribution in [0.3, 0.4) is 0 Å². The molecule has 236 valence electrons. The Bertz CT molecular complexity index is 1590. The molecule has 0 fully saturated rings. The number of nitrogens with one attached hydrogen (secondary N) is 2. The molecule has 0 unspecified atom stereocenters. The highest BCUT2D eigenvalue weighted by molar-refractivity contribution is 7.22. The minimum absolute atomic E-state index is 0.765. The molecule has 0 aliphatic rings. The Morgan fingerprint density at radius 3 is 1.71 bits per heavy atom. The smallest absolute Gasteiger partial charge is 0.160 e. The van der Waals surface area contributed by atoms with Crippen molar-refractivity contribution < 1.29 is 0 Å².